The summed E-state index contributed by atoms with van der Waals surface area (Å²) < 4.78 is 33.0. The summed E-state index contributed by atoms with van der Waals surface area (Å²) in [4.78, 5) is 17.9. The number of rotatable bonds is 4. The fraction of sp³-hybridized carbons (Fsp3) is 0.167. The second-order valence-corrected chi connectivity index (χ2v) is 5.93. The van der Waals surface area contributed by atoms with Gasteiger partial charge in [-0.2, -0.15) is 0 Å². The molecule has 20 heavy (non-hydrogen) atoms. The quantitative estimate of drug-likeness (QED) is 0.902. The molecule has 0 saturated carbocycles. The lowest BCUT2D eigenvalue weighted by Gasteiger charge is -2.08. The molecule has 8 heteroatoms. The predicted molar refractivity (Wildman–Crippen MR) is 71.0 cm³/mol. The number of aromatic amines is 1. The number of ether oxygens (including phenoxy) is 2. The third-order valence-corrected chi connectivity index (χ3v) is 3.58. The average Bonchev–Trinajstić information content (AvgIpc) is 2.38. The molecule has 1 aromatic heterocycles. The van der Waals surface area contributed by atoms with E-state index in [4.69, 9.17) is 9.47 Å². The van der Waals surface area contributed by atoms with Gasteiger partial charge in [0, 0.05) is 6.26 Å². The number of nitrogens with zero attached hydrogens (tertiary/aromatic N) is 1. The van der Waals surface area contributed by atoms with Crippen molar-refractivity contribution in [3.8, 4) is 17.4 Å². The molecule has 0 unspecified atom stereocenters. The van der Waals surface area contributed by atoms with Crippen molar-refractivity contribution in [1.29, 1.82) is 0 Å². The van der Waals surface area contributed by atoms with Gasteiger partial charge < -0.3 is 14.5 Å². The van der Waals surface area contributed by atoms with E-state index in [1.54, 1.807) is 0 Å². The summed E-state index contributed by atoms with van der Waals surface area (Å²) in [6.45, 7) is 0. The highest BCUT2D eigenvalue weighted by atomic mass is 32.2. The van der Waals surface area contributed by atoms with Crippen molar-refractivity contribution in [2.24, 2.45) is 0 Å². The Labute approximate surface area is 115 Å². The van der Waals surface area contributed by atoms with Crippen LogP contribution < -0.4 is 15.0 Å². The zero-order valence-electron chi connectivity index (χ0n) is 10.8. The van der Waals surface area contributed by atoms with Crippen LogP contribution in [-0.2, 0) is 9.84 Å². The van der Waals surface area contributed by atoms with E-state index < -0.39 is 15.4 Å². The van der Waals surface area contributed by atoms with Crippen molar-refractivity contribution in [3.05, 3.63) is 40.9 Å². The first-order valence-electron chi connectivity index (χ1n) is 5.51. The largest absolute Gasteiger partial charge is 0.487 e. The van der Waals surface area contributed by atoms with E-state index >= 15 is 0 Å². The van der Waals surface area contributed by atoms with Crippen LogP contribution in [0.4, 0.5) is 0 Å². The Hall–Kier alpha value is -2.35. The number of methoxy groups -OCH3 is 1. The molecular formula is C12H12N2O5S. The molecular weight excluding hydrogens is 284 g/mol. The SMILES string of the molecule is COc1c(Oc2ccc(S(C)(=O)=O)cc2)nc[nH]c1=O. The minimum atomic E-state index is -3.26. The topological polar surface area (TPSA) is 98.3 Å². The Morgan fingerprint density at radius 1 is 1.20 bits per heavy atom. The minimum Gasteiger partial charge on any atom is -0.487 e. The second-order valence-electron chi connectivity index (χ2n) is 3.92. The predicted octanol–water partition coefficient (Wildman–Crippen LogP) is 0.974. The summed E-state index contributed by atoms with van der Waals surface area (Å²) in [6.07, 6.45) is 2.30. The smallest absolute Gasteiger partial charge is 0.297 e. The fourth-order valence-electron chi connectivity index (χ4n) is 1.49. The molecule has 1 heterocycles. The fourth-order valence-corrected chi connectivity index (χ4v) is 2.12. The summed E-state index contributed by atoms with van der Waals surface area (Å²) >= 11 is 0. The maximum atomic E-state index is 11.5. The highest BCUT2D eigenvalue weighted by Crippen LogP contribution is 2.26. The molecule has 0 spiro atoms. The van der Waals surface area contributed by atoms with Crippen molar-refractivity contribution in [2.45, 2.75) is 4.90 Å². The number of hydrogen-bond acceptors (Lipinski definition) is 6. The summed E-state index contributed by atoms with van der Waals surface area (Å²) in [6, 6.07) is 5.76. The van der Waals surface area contributed by atoms with Gasteiger partial charge in [-0.25, -0.2) is 13.4 Å². The van der Waals surface area contributed by atoms with Crippen molar-refractivity contribution in [2.75, 3.05) is 13.4 Å². The Kier molecular flexibility index (Phi) is 3.75. The van der Waals surface area contributed by atoms with Crippen LogP contribution in [-0.4, -0.2) is 31.8 Å². The summed E-state index contributed by atoms with van der Waals surface area (Å²) in [5, 5.41) is 0. The number of benzene rings is 1. The van der Waals surface area contributed by atoms with Gasteiger partial charge in [-0.05, 0) is 24.3 Å². The zero-order chi connectivity index (χ0) is 14.8. The van der Waals surface area contributed by atoms with E-state index in [2.05, 4.69) is 9.97 Å². The van der Waals surface area contributed by atoms with Gasteiger partial charge in [0.05, 0.1) is 18.3 Å². The molecule has 1 N–H and O–H groups in total. The maximum Gasteiger partial charge on any atom is 0.297 e. The van der Waals surface area contributed by atoms with Gasteiger partial charge in [0.2, 0.25) is 5.75 Å². The monoisotopic (exact) mass is 296 g/mol. The van der Waals surface area contributed by atoms with Crippen molar-refractivity contribution in [1.82, 2.24) is 9.97 Å². The van der Waals surface area contributed by atoms with E-state index in [0.717, 1.165) is 6.26 Å². The van der Waals surface area contributed by atoms with Crippen LogP contribution in [0.2, 0.25) is 0 Å². The summed E-state index contributed by atoms with van der Waals surface area (Å²) in [5.41, 5.74) is -0.467. The van der Waals surface area contributed by atoms with Gasteiger partial charge >= 0.3 is 0 Å². The molecule has 0 radical (unpaired) electrons. The number of H-pyrrole nitrogens is 1. The second kappa shape index (κ2) is 5.33. The molecule has 0 aliphatic carbocycles. The molecule has 0 atom stereocenters. The lowest BCUT2D eigenvalue weighted by molar-refractivity contribution is 0.363. The Balaban J connectivity index is 2.32. The normalized spacial score (nSPS) is 11.1. The molecule has 0 bridgehead atoms. The van der Waals surface area contributed by atoms with Crippen LogP contribution in [0, 0.1) is 0 Å². The molecule has 1 aromatic carbocycles. The third-order valence-electron chi connectivity index (χ3n) is 2.45. The van der Waals surface area contributed by atoms with E-state index in [1.165, 1.54) is 37.7 Å². The molecule has 0 aliphatic heterocycles. The Morgan fingerprint density at radius 2 is 1.85 bits per heavy atom. The summed E-state index contributed by atoms with van der Waals surface area (Å²) in [7, 11) is -1.94. The van der Waals surface area contributed by atoms with E-state index in [9.17, 15) is 13.2 Å². The first-order valence-corrected chi connectivity index (χ1v) is 7.40. The Bertz CT molecular complexity index is 765. The highest BCUT2D eigenvalue weighted by molar-refractivity contribution is 7.90. The van der Waals surface area contributed by atoms with Gasteiger partial charge in [-0.1, -0.05) is 0 Å². The first kappa shape index (κ1) is 14.1. The molecule has 0 amide bonds. The lowest BCUT2D eigenvalue weighted by Crippen LogP contribution is -2.10. The van der Waals surface area contributed by atoms with Crippen molar-refractivity contribution >= 4 is 9.84 Å². The van der Waals surface area contributed by atoms with E-state index in [1.807, 2.05) is 0 Å². The van der Waals surface area contributed by atoms with Gasteiger partial charge in [-0.15, -0.1) is 0 Å². The third kappa shape index (κ3) is 2.97. The Morgan fingerprint density at radius 3 is 2.40 bits per heavy atom. The van der Waals surface area contributed by atoms with Crippen LogP contribution >= 0.6 is 0 Å². The van der Waals surface area contributed by atoms with E-state index in [0.29, 0.717) is 5.75 Å². The van der Waals surface area contributed by atoms with Gasteiger partial charge in [-0.3, -0.25) is 4.79 Å². The molecule has 2 aromatic rings. The number of sulfone groups is 1. The minimum absolute atomic E-state index is 0.00311. The zero-order valence-corrected chi connectivity index (χ0v) is 11.6. The average molecular weight is 296 g/mol. The van der Waals surface area contributed by atoms with Gasteiger partial charge in [0.1, 0.15) is 5.75 Å². The first-order chi connectivity index (χ1) is 9.41. The van der Waals surface area contributed by atoms with Crippen LogP contribution in [0.5, 0.6) is 17.4 Å². The van der Waals surface area contributed by atoms with Crippen LogP contribution in [0.15, 0.2) is 40.3 Å². The highest BCUT2D eigenvalue weighted by Gasteiger charge is 2.12. The van der Waals surface area contributed by atoms with Crippen LogP contribution in [0.1, 0.15) is 0 Å². The van der Waals surface area contributed by atoms with Gasteiger partial charge in [0.25, 0.3) is 11.4 Å². The molecule has 0 saturated heterocycles. The molecule has 2 rings (SSSR count). The number of aromatic nitrogens is 2. The maximum absolute atomic E-state index is 11.5. The standard InChI is InChI=1S/C12H12N2O5S/c1-18-10-11(15)13-7-14-12(10)19-8-3-5-9(6-4-8)20(2,16)17/h3-7H,1-2H3,(H,13,14,15). The molecule has 7 nitrogen and oxygen atoms in total. The van der Waals surface area contributed by atoms with Crippen molar-refractivity contribution < 1.29 is 17.9 Å². The molecule has 0 fully saturated rings. The van der Waals surface area contributed by atoms with E-state index in [-0.39, 0.29) is 16.5 Å². The van der Waals surface area contributed by atoms with Crippen molar-refractivity contribution in [3.63, 3.8) is 0 Å². The summed E-state index contributed by atoms with van der Waals surface area (Å²) in [5.74, 6) is 0.289. The van der Waals surface area contributed by atoms with Crippen LogP contribution in [0.25, 0.3) is 0 Å². The number of nitrogens with one attached hydrogen (secondary N) is 1. The van der Waals surface area contributed by atoms with Crippen LogP contribution in [0.3, 0.4) is 0 Å². The lowest BCUT2D eigenvalue weighted by atomic mass is 10.3. The molecule has 0 aliphatic rings. The molecule has 106 valence electrons. The van der Waals surface area contributed by atoms with Gasteiger partial charge in [0.15, 0.2) is 9.84 Å². The number of hydrogen-bond donors (Lipinski definition) is 1.